The van der Waals surface area contributed by atoms with Gasteiger partial charge in [-0.15, -0.1) is 0 Å². The molecule has 3 N–H and O–H groups in total. The summed E-state index contributed by atoms with van der Waals surface area (Å²) >= 11 is 0. The third kappa shape index (κ3) is 3.80. The number of hydrogen-bond acceptors (Lipinski definition) is 3. The minimum absolute atomic E-state index is 0.260. The molecule has 1 aromatic rings. The molecular formula is C16H21FN2O. The molecule has 2 unspecified atom stereocenters. The first-order valence-electron chi connectivity index (χ1n) is 6.98. The smallest absolute Gasteiger partial charge is 0.124 e. The second-order valence-corrected chi connectivity index (χ2v) is 5.38. The van der Waals surface area contributed by atoms with Crippen LogP contribution in [0.1, 0.15) is 24.5 Å². The number of halogens is 1. The Hall–Kier alpha value is -1.41. The Kier molecular flexibility index (Phi) is 5.13. The van der Waals surface area contributed by atoms with E-state index >= 15 is 0 Å². The van der Waals surface area contributed by atoms with Gasteiger partial charge in [0.2, 0.25) is 0 Å². The standard InChI is InChI=1S/C16H21FN2O/c1-12-6-8-19(11-16(12)20)10-14-4-5-15(17)9-13(14)3-2-7-18/h4-5,9,12,16,20H,6-8,10-11,18H2,1H3. The Morgan fingerprint density at radius 1 is 1.50 bits per heavy atom. The molecule has 1 aromatic carbocycles. The molecule has 0 radical (unpaired) electrons. The highest BCUT2D eigenvalue weighted by atomic mass is 19.1. The number of hydrogen-bond donors (Lipinski definition) is 2. The van der Waals surface area contributed by atoms with Gasteiger partial charge in [-0.25, -0.2) is 4.39 Å². The summed E-state index contributed by atoms with van der Waals surface area (Å²) in [6.45, 7) is 4.61. The largest absolute Gasteiger partial charge is 0.392 e. The third-order valence-corrected chi connectivity index (χ3v) is 3.79. The molecule has 0 aliphatic carbocycles. The Morgan fingerprint density at radius 2 is 2.30 bits per heavy atom. The van der Waals surface area contributed by atoms with E-state index in [0.717, 1.165) is 18.5 Å². The van der Waals surface area contributed by atoms with Gasteiger partial charge in [-0.1, -0.05) is 24.8 Å². The van der Waals surface area contributed by atoms with Crippen molar-refractivity contribution in [1.29, 1.82) is 0 Å². The van der Waals surface area contributed by atoms with Crippen molar-refractivity contribution >= 4 is 0 Å². The van der Waals surface area contributed by atoms with Crippen LogP contribution in [0.25, 0.3) is 0 Å². The maximum Gasteiger partial charge on any atom is 0.124 e. The summed E-state index contributed by atoms with van der Waals surface area (Å²) in [6, 6.07) is 4.66. The van der Waals surface area contributed by atoms with Crippen LogP contribution in [-0.2, 0) is 6.54 Å². The fourth-order valence-corrected chi connectivity index (χ4v) is 2.45. The minimum Gasteiger partial charge on any atom is -0.392 e. The number of rotatable bonds is 2. The fourth-order valence-electron chi connectivity index (χ4n) is 2.45. The lowest BCUT2D eigenvalue weighted by Crippen LogP contribution is -2.42. The Labute approximate surface area is 119 Å². The number of likely N-dealkylation sites (tertiary alicyclic amines) is 1. The summed E-state index contributed by atoms with van der Waals surface area (Å²) < 4.78 is 13.3. The highest BCUT2D eigenvalue weighted by molar-refractivity contribution is 5.42. The number of piperidine rings is 1. The van der Waals surface area contributed by atoms with E-state index in [1.54, 1.807) is 6.07 Å². The number of nitrogens with two attached hydrogens (primary N) is 1. The van der Waals surface area contributed by atoms with E-state index in [9.17, 15) is 9.50 Å². The predicted molar refractivity (Wildman–Crippen MR) is 77.4 cm³/mol. The van der Waals surface area contributed by atoms with E-state index in [0.29, 0.717) is 24.6 Å². The summed E-state index contributed by atoms with van der Waals surface area (Å²) in [5, 5.41) is 9.93. The Balaban J connectivity index is 2.12. The molecule has 20 heavy (non-hydrogen) atoms. The van der Waals surface area contributed by atoms with Crippen molar-refractivity contribution in [3.8, 4) is 11.8 Å². The molecule has 108 valence electrons. The van der Waals surface area contributed by atoms with Gasteiger partial charge in [0, 0.05) is 18.7 Å². The van der Waals surface area contributed by atoms with Crippen LogP contribution >= 0.6 is 0 Å². The third-order valence-electron chi connectivity index (χ3n) is 3.79. The maximum atomic E-state index is 13.3. The lowest BCUT2D eigenvalue weighted by molar-refractivity contribution is 0.0259. The minimum atomic E-state index is -0.289. The first kappa shape index (κ1) is 15.0. The molecule has 1 saturated heterocycles. The van der Waals surface area contributed by atoms with E-state index in [1.165, 1.54) is 12.1 Å². The number of aliphatic hydroxyl groups is 1. The van der Waals surface area contributed by atoms with Crippen LogP contribution in [0.5, 0.6) is 0 Å². The highest BCUT2D eigenvalue weighted by Gasteiger charge is 2.24. The van der Waals surface area contributed by atoms with E-state index in [4.69, 9.17) is 5.73 Å². The lowest BCUT2D eigenvalue weighted by Gasteiger charge is -2.34. The fraction of sp³-hybridized carbons (Fsp3) is 0.500. The summed E-state index contributed by atoms with van der Waals surface area (Å²) in [5.74, 6) is 5.74. The van der Waals surface area contributed by atoms with Crippen molar-refractivity contribution < 1.29 is 9.50 Å². The predicted octanol–water partition coefficient (Wildman–Crippen LogP) is 1.34. The molecule has 4 heteroatoms. The van der Waals surface area contributed by atoms with Crippen LogP contribution in [0.3, 0.4) is 0 Å². The van der Waals surface area contributed by atoms with Crippen LogP contribution in [0.4, 0.5) is 4.39 Å². The number of benzene rings is 1. The molecule has 0 spiro atoms. The van der Waals surface area contributed by atoms with Gasteiger partial charge in [0.05, 0.1) is 12.6 Å². The number of nitrogens with zero attached hydrogens (tertiary/aromatic N) is 1. The van der Waals surface area contributed by atoms with Crippen LogP contribution in [-0.4, -0.2) is 35.7 Å². The van der Waals surface area contributed by atoms with Crippen LogP contribution in [0.15, 0.2) is 18.2 Å². The van der Waals surface area contributed by atoms with Crippen molar-refractivity contribution in [3.05, 3.63) is 35.1 Å². The monoisotopic (exact) mass is 276 g/mol. The second kappa shape index (κ2) is 6.85. The molecule has 0 aromatic heterocycles. The molecule has 0 saturated carbocycles. The van der Waals surface area contributed by atoms with Crippen molar-refractivity contribution in [2.75, 3.05) is 19.6 Å². The topological polar surface area (TPSA) is 49.5 Å². The second-order valence-electron chi connectivity index (χ2n) is 5.38. The maximum absolute atomic E-state index is 13.3. The molecule has 1 heterocycles. The molecule has 2 atom stereocenters. The van der Waals surface area contributed by atoms with Gasteiger partial charge in [0.15, 0.2) is 0 Å². The van der Waals surface area contributed by atoms with Gasteiger partial charge in [0.1, 0.15) is 5.82 Å². The molecule has 3 nitrogen and oxygen atoms in total. The zero-order chi connectivity index (χ0) is 14.5. The van der Waals surface area contributed by atoms with Crippen molar-refractivity contribution in [1.82, 2.24) is 4.90 Å². The molecular weight excluding hydrogens is 255 g/mol. The number of β-amino-alcohol motifs (C(OH)–C–C–N with tert-alkyl or cyclic N) is 1. The molecule has 1 aliphatic rings. The van der Waals surface area contributed by atoms with Crippen LogP contribution in [0.2, 0.25) is 0 Å². The quantitative estimate of drug-likeness (QED) is 0.801. The van der Waals surface area contributed by atoms with Gasteiger partial charge >= 0.3 is 0 Å². The first-order chi connectivity index (χ1) is 9.60. The van der Waals surface area contributed by atoms with E-state index in [-0.39, 0.29) is 18.5 Å². The van der Waals surface area contributed by atoms with Gasteiger partial charge in [0.25, 0.3) is 0 Å². The van der Waals surface area contributed by atoms with E-state index in [1.807, 2.05) is 0 Å². The van der Waals surface area contributed by atoms with Gasteiger partial charge in [-0.05, 0) is 36.6 Å². The molecule has 2 rings (SSSR count). The van der Waals surface area contributed by atoms with Gasteiger partial charge in [-0.3, -0.25) is 4.90 Å². The first-order valence-corrected chi connectivity index (χ1v) is 6.98. The normalized spacial score (nSPS) is 23.2. The van der Waals surface area contributed by atoms with Crippen LogP contribution in [0, 0.1) is 23.6 Å². The van der Waals surface area contributed by atoms with Crippen molar-refractivity contribution in [2.45, 2.75) is 26.0 Å². The molecule has 1 aliphatic heterocycles. The average Bonchev–Trinajstić information content (AvgIpc) is 2.43. The SMILES string of the molecule is CC1CCN(Cc2ccc(F)cc2C#CCN)CC1O. The van der Waals surface area contributed by atoms with E-state index in [2.05, 4.69) is 23.7 Å². The van der Waals surface area contributed by atoms with E-state index < -0.39 is 0 Å². The summed E-state index contributed by atoms with van der Waals surface area (Å²) in [5.41, 5.74) is 7.04. The zero-order valence-corrected chi connectivity index (χ0v) is 11.8. The number of aliphatic hydroxyl groups excluding tert-OH is 1. The lowest BCUT2D eigenvalue weighted by atomic mass is 9.95. The van der Waals surface area contributed by atoms with Gasteiger partial charge in [-0.2, -0.15) is 0 Å². The van der Waals surface area contributed by atoms with Crippen molar-refractivity contribution in [3.63, 3.8) is 0 Å². The summed E-state index contributed by atoms with van der Waals surface area (Å²) in [4.78, 5) is 2.19. The summed E-state index contributed by atoms with van der Waals surface area (Å²) in [6.07, 6.45) is 0.689. The Morgan fingerprint density at radius 3 is 3.00 bits per heavy atom. The average molecular weight is 276 g/mol. The zero-order valence-electron chi connectivity index (χ0n) is 11.8. The highest BCUT2D eigenvalue weighted by Crippen LogP contribution is 2.20. The molecule has 0 amide bonds. The van der Waals surface area contributed by atoms with Crippen molar-refractivity contribution in [2.24, 2.45) is 11.7 Å². The van der Waals surface area contributed by atoms with Crippen LogP contribution < -0.4 is 5.73 Å². The molecule has 1 fully saturated rings. The molecule has 0 bridgehead atoms. The summed E-state index contributed by atoms with van der Waals surface area (Å²) in [7, 11) is 0. The Bertz CT molecular complexity index is 521. The van der Waals surface area contributed by atoms with Gasteiger partial charge < -0.3 is 10.8 Å².